The van der Waals surface area contributed by atoms with Crippen LogP contribution in [0.2, 0.25) is 0 Å². The number of unbranched alkanes of at least 4 members (excludes halogenated alkanes) is 2. The van der Waals surface area contributed by atoms with Crippen LogP contribution in [0, 0.1) is 0 Å². The van der Waals surface area contributed by atoms with Crippen LogP contribution in [-0.2, 0) is 22.4 Å². The van der Waals surface area contributed by atoms with E-state index in [1.807, 2.05) is 46.2 Å². The summed E-state index contributed by atoms with van der Waals surface area (Å²) in [7, 11) is 0. The quantitative estimate of drug-likeness (QED) is 0.180. The van der Waals surface area contributed by atoms with Crippen molar-refractivity contribution in [3.63, 3.8) is 0 Å². The van der Waals surface area contributed by atoms with E-state index in [1.54, 1.807) is 24.3 Å². The Labute approximate surface area is 285 Å². The van der Waals surface area contributed by atoms with Crippen molar-refractivity contribution in [2.45, 2.75) is 90.1 Å². The highest BCUT2D eigenvalue weighted by Gasteiger charge is 2.29. The number of carboxylic acids is 2. The van der Waals surface area contributed by atoms with Crippen LogP contribution >= 0.6 is 0 Å². The fraction of sp³-hybridized carbons (Fsp3) is 0.400. The van der Waals surface area contributed by atoms with Crippen molar-refractivity contribution < 1.29 is 29.4 Å². The zero-order chi connectivity index (χ0) is 34.7. The molecule has 2 aromatic rings. The number of likely N-dealkylation sites (tertiary alicyclic amines) is 2. The normalized spacial score (nSPS) is 18.1. The van der Waals surface area contributed by atoms with Gasteiger partial charge in [-0.1, -0.05) is 99.6 Å². The molecule has 2 aliphatic heterocycles. The molecule has 2 aliphatic rings. The number of amides is 2. The number of aromatic carboxylic acids is 2. The standard InChI is InChI=1S/2C20H25NO3/c2*1-2-3-4-5-6-7-18-12-13-19(22)21(18)15-14-16-8-10-17(11-9-16)20(23)24/h2*4-11,18H,2-3,12-15H2,1H3,(H,23,24)/b5-4-,7-6+;5-4-,7-6-/t2*18-/m00/s1. The predicted molar refractivity (Wildman–Crippen MR) is 190 cm³/mol. The summed E-state index contributed by atoms with van der Waals surface area (Å²) in [5.41, 5.74) is 2.67. The van der Waals surface area contributed by atoms with Gasteiger partial charge in [-0.25, -0.2) is 9.59 Å². The number of carbonyl (C=O) groups excluding carboxylic acids is 2. The smallest absolute Gasteiger partial charge is 0.335 e. The van der Waals surface area contributed by atoms with Crippen LogP contribution in [0.25, 0.3) is 0 Å². The van der Waals surface area contributed by atoms with Crippen LogP contribution in [0.4, 0.5) is 0 Å². The highest BCUT2D eigenvalue weighted by molar-refractivity contribution is 5.88. The molecule has 0 bridgehead atoms. The van der Waals surface area contributed by atoms with E-state index in [4.69, 9.17) is 10.2 Å². The second kappa shape index (κ2) is 20.5. The minimum atomic E-state index is -0.919. The van der Waals surface area contributed by atoms with Crippen molar-refractivity contribution >= 4 is 23.8 Å². The molecule has 0 aliphatic carbocycles. The molecular weight excluding hydrogens is 604 g/mol. The Morgan fingerprint density at radius 2 is 1.02 bits per heavy atom. The Morgan fingerprint density at radius 3 is 1.35 bits per heavy atom. The molecule has 0 aromatic heterocycles. The van der Waals surface area contributed by atoms with Gasteiger partial charge in [-0.05, 0) is 73.9 Å². The van der Waals surface area contributed by atoms with E-state index >= 15 is 0 Å². The summed E-state index contributed by atoms with van der Waals surface area (Å²) in [5, 5.41) is 17.8. The monoisotopic (exact) mass is 654 g/mol. The van der Waals surface area contributed by atoms with Crippen LogP contribution in [0.15, 0.2) is 97.1 Å². The minimum absolute atomic E-state index is 0.169. The summed E-state index contributed by atoms with van der Waals surface area (Å²) in [6, 6.07) is 14.1. The van der Waals surface area contributed by atoms with Crippen LogP contribution in [0.1, 0.15) is 97.1 Å². The summed E-state index contributed by atoms with van der Waals surface area (Å²) >= 11 is 0. The first-order valence-corrected chi connectivity index (χ1v) is 17.1. The largest absolute Gasteiger partial charge is 0.478 e. The van der Waals surface area contributed by atoms with Gasteiger partial charge < -0.3 is 20.0 Å². The lowest BCUT2D eigenvalue weighted by Crippen LogP contribution is -2.33. The maximum absolute atomic E-state index is 12.1. The molecule has 0 radical (unpaired) electrons. The molecule has 2 aromatic carbocycles. The van der Waals surface area contributed by atoms with Crippen molar-refractivity contribution in [1.82, 2.24) is 9.80 Å². The molecule has 8 nitrogen and oxygen atoms in total. The first-order chi connectivity index (χ1) is 23.2. The van der Waals surface area contributed by atoms with E-state index in [1.165, 1.54) is 0 Å². The molecule has 48 heavy (non-hydrogen) atoms. The Morgan fingerprint density at radius 1 is 0.646 bits per heavy atom. The van der Waals surface area contributed by atoms with E-state index in [2.05, 4.69) is 50.3 Å². The zero-order valence-corrected chi connectivity index (χ0v) is 28.3. The summed E-state index contributed by atoms with van der Waals surface area (Å²) in [5.74, 6) is -1.44. The molecule has 4 rings (SSSR count). The van der Waals surface area contributed by atoms with Crippen molar-refractivity contribution in [1.29, 1.82) is 0 Å². The van der Waals surface area contributed by atoms with Gasteiger partial charge in [0.1, 0.15) is 0 Å². The van der Waals surface area contributed by atoms with Crippen LogP contribution in [-0.4, -0.2) is 68.9 Å². The molecule has 0 unspecified atom stereocenters. The fourth-order valence-electron chi connectivity index (χ4n) is 5.69. The van der Waals surface area contributed by atoms with E-state index in [0.29, 0.717) is 25.9 Å². The number of carbonyl (C=O) groups is 4. The van der Waals surface area contributed by atoms with Gasteiger partial charge in [-0.3, -0.25) is 9.59 Å². The van der Waals surface area contributed by atoms with Gasteiger partial charge in [-0.2, -0.15) is 0 Å². The number of nitrogens with zero attached hydrogens (tertiary/aromatic N) is 2. The molecule has 2 fully saturated rings. The number of carboxylic acid groups (broad SMARTS) is 2. The number of rotatable bonds is 16. The lowest BCUT2D eigenvalue weighted by molar-refractivity contribution is -0.129. The van der Waals surface area contributed by atoms with Crippen LogP contribution in [0.3, 0.4) is 0 Å². The third kappa shape index (κ3) is 12.5. The van der Waals surface area contributed by atoms with E-state index < -0.39 is 11.9 Å². The SMILES string of the molecule is CCC/C=C\C=C/[C@H]1CCC(=O)N1CCc1ccc(C(=O)O)cc1.CCC/C=C\C=C\[C@H]1CCC(=O)N1CCc1ccc(C(=O)O)cc1. The van der Waals surface area contributed by atoms with Gasteiger partial charge in [0.15, 0.2) is 0 Å². The zero-order valence-electron chi connectivity index (χ0n) is 28.3. The Hall–Kier alpha value is -4.72. The number of hydrogen-bond donors (Lipinski definition) is 2. The topological polar surface area (TPSA) is 115 Å². The second-order valence-corrected chi connectivity index (χ2v) is 12.1. The molecule has 256 valence electrons. The number of allylic oxidation sites excluding steroid dienone is 6. The average molecular weight is 655 g/mol. The lowest BCUT2D eigenvalue weighted by Gasteiger charge is -2.22. The predicted octanol–water partition coefficient (Wildman–Crippen LogP) is 7.66. The summed E-state index contributed by atoms with van der Waals surface area (Å²) in [6.45, 7) is 5.63. The van der Waals surface area contributed by atoms with Crippen LogP contribution < -0.4 is 0 Å². The summed E-state index contributed by atoms with van der Waals surface area (Å²) in [6.07, 6.45) is 25.5. The van der Waals surface area contributed by atoms with Gasteiger partial charge in [0, 0.05) is 25.9 Å². The minimum Gasteiger partial charge on any atom is -0.478 e. The number of hydrogen-bond acceptors (Lipinski definition) is 4. The third-order valence-electron chi connectivity index (χ3n) is 8.51. The van der Waals surface area contributed by atoms with Gasteiger partial charge in [0.05, 0.1) is 23.2 Å². The van der Waals surface area contributed by atoms with Gasteiger partial charge in [-0.15, -0.1) is 0 Å². The Kier molecular flexibility index (Phi) is 16.1. The molecular formula is C40H50N2O6. The first-order valence-electron chi connectivity index (χ1n) is 17.1. The second-order valence-electron chi connectivity index (χ2n) is 12.1. The summed E-state index contributed by atoms with van der Waals surface area (Å²) < 4.78 is 0. The van der Waals surface area contributed by atoms with Crippen molar-refractivity contribution in [2.24, 2.45) is 0 Å². The molecule has 2 saturated heterocycles. The molecule has 0 saturated carbocycles. The first kappa shape index (κ1) is 37.7. The van der Waals surface area contributed by atoms with Gasteiger partial charge >= 0.3 is 11.9 Å². The molecule has 0 spiro atoms. The molecule has 8 heteroatoms. The molecule has 2 atom stereocenters. The maximum atomic E-state index is 12.1. The van der Waals surface area contributed by atoms with Gasteiger partial charge in [0.25, 0.3) is 0 Å². The maximum Gasteiger partial charge on any atom is 0.335 e. The van der Waals surface area contributed by atoms with Crippen molar-refractivity contribution in [2.75, 3.05) is 13.1 Å². The summed E-state index contributed by atoms with van der Waals surface area (Å²) in [4.78, 5) is 49.7. The Bertz CT molecular complexity index is 1340. The average Bonchev–Trinajstić information content (AvgIpc) is 3.63. The van der Waals surface area contributed by atoms with Gasteiger partial charge in [0.2, 0.25) is 11.8 Å². The Balaban J connectivity index is 0.000000260. The van der Waals surface area contributed by atoms with Crippen molar-refractivity contribution in [3.8, 4) is 0 Å². The van der Waals surface area contributed by atoms with Crippen LogP contribution in [0.5, 0.6) is 0 Å². The third-order valence-corrected chi connectivity index (χ3v) is 8.51. The van der Waals surface area contributed by atoms with E-state index in [-0.39, 0.29) is 35.0 Å². The molecule has 2 amide bonds. The van der Waals surface area contributed by atoms with Crippen molar-refractivity contribution in [3.05, 3.63) is 119 Å². The molecule has 2 N–H and O–H groups in total. The fourth-order valence-corrected chi connectivity index (χ4v) is 5.69. The highest BCUT2D eigenvalue weighted by atomic mass is 16.4. The highest BCUT2D eigenvalue weighted by Crippen LogP contribution is 2.22. The lowest BCUT2D eigenvalue weighted by atomic mass is 10.1. The van der Waals surface area contributed by atoms with E-state index in [9.17, 15) is 19.2 Å². The number of benzene rings is 2. The molecule has 2 heterocycles. The van der Waals surface area contributed by atoms with E-state index in [0.717, 1.165) is 62.5 Å².